The summed E-state index contributed by atoms with van der Waals surface area (Å²) in [5, 5.41) is 0. The number of imidazole rings is 1. The van der Waals surface area contributed by atoms with E-state index < -0.39 is 0 Å². The van der Waals surface area contributed by atoms with Gasteiger partial charge in [-0.3, -0.25) is 0 Å². The molecule has 25 heavy (non-hydrogen) atoms. The largest absolute Gasteiger partial charge is 0.465 e. The Morgan fingerprint density at radius 1 is 0.960 bits per heavy atom. The van der Waals surface area contributed by atoms with E-state index in [1.54, 1.807) is 12.3 Å². The van der Waals surface area contributed by atoms with Crippen LogP contribution in [-0.2, 0) is 4.74 Å². The summed E-state index contributed by atoms with van der Waals surface area (Å²) in [5.41, 5.74) is 5.10. The number of nitrogens with one attached hydrogen (secondary N) is 1. The van der Waals surface area contributed by atoms with Gasteiger partial charge in [0.15, 0.2) is 5.65 Å². The van der Waals surface area contributed by atoms with Crippen LogP contribution in [0.2, 0.25) is 0 Å². The van der Waals surface area contributed by atoms with E-state index in [9.17, 15) is 4.79 Å². The number of H-pyrrole nitrogens is 1. The van der Waals surface area contributed by atoms with Crippen molar-refractivity contribution in [2.24, 2.45) is 0 Å². The number of benzene rings is 2. The van der Waals surface area contributed by atoms with E-state index >= 15 is 0 Å². The maximum Gasteiger partial charge on any atom is 0.337 e. The molecule has 0 unspecified atom stereocenters. The molecule has 5 nitrogen and oxygen atoms in total. The van der Waals surface area contributed by atoms with Crippen LogP contribution < -0.4 is 0 Å². The van der Waals surface area contributed by atoms with Crippen molar-refractivity contribution >= 4 is 17.1 Å². The highest BCUT2D eigenvalue weighted by molar-refractivity contribution is 5.91. The Morgan fingerprint density at radius 3 is 2.52 bits per heavy atom. The summed E-state index contributed by atoms with van der Waals surface area (Å²) in [4.78, 5) is 23.7. The van der Waals surface area contributed by atoms with Crippen molar-refractivity contribution in [2.45, 2.75) is 0 Å². The van der Waals surface area contributed by atoms with E-state index in [1.165, 1.54) is 7.11 Å². The maximum atomic E-state index is 11.7. The highest BCUT2D eigenvalue weighted by atomic mass is 16.5. The van der Waals surface area contributed by atoms with Crippen LogP contribution in [0.15, 0.2) is 66.9 Å². The highest BCUT2D eigenvalue weighted by Crippen LogP contribution is 2.25. The summed E-state index contributed by atoms with van der Waals surface area (Å²) >= 11 is 0. The quantitative estimate of drug-likeness (QED) is 0.575. The van der Waals surface area contributed by atoms with Crippen molar-refractivity contribution in [3.05, 3.63) is 72.4 Å². The number of aromatic amines is 1. The molecule has 0 aliphatic heterocycles. The number of ether oxygens (including phenoxy) is 1. The summed E-state index contributed by atoms with van der Waals surface area (Å²) in [6, 6.07) is 19.2. The zero-order valence-electron chi connectivity index (χ0n) is 13.6. The smallest absolute Gasteiger partial charge is 0.337 e. The third kappa shape index (κ3) is 2.87. The van der Waals surface area contributed by atoms with Gasteiger partial charge >= 0.3 is 5.97 Å². The van der Waals surface area contributed by atoms with Crippen LogP contribution in [0.3, 0.4) is 0 Å². The van der Waals surface area contributed by atoms with Crippen LogP contribution in [0.5, 0.6) is 0 Å². The number of hydrogen-bond donors (Lipinski definition) is 1. The summed E-state index contributed by atoms with van der Waals surface area (Å²) in [6.45, 7) is 0. The highest BCUT2D eigenvalue weighted by Gasteiger charge is 2.08. The molecular weight excluding hydrogens is 314 g/mol. The minimum Gasteiger partial charge on any atom is -0.465 e. The van der Waals surface area contributed by atoms with Crippen molar-refractivity contribution in [3.8, 4) is 22.5 Å². The van der Waals surface area contributed by atoms with Crippen molar-refractivity contribution in [2.75, 3.05) is 7.11 Å². The van der Waals surface area contributed by atoms with E-state index in [0.717, 1.165) is 28.0 Å². The van der Waals surface area contributed by atoms with Gasteiger partial charge < -0.3 is 9.72 Å². The lowest BCUT2D eigenvalue weighted by atomic mass is 10.0. The lowest BCUT2D eigenvalue weighted by molar-refractivity contribution is 0.0601. The van der Waals surface area contributed by atoms with Gasteiger partial charge in [-0.15, -0.1) is 0 Å². The molecule has 0 saturated carbocycles. The number of fused-ring (bicyclic) bond motifs is 1. The predicted molar refractivity (Wildman–Crippen MR) is 96.1 cm³/mol. The normalized spacial score (nSPS) is 10.8. The molecule has 2 heterocycles. The molecule has 0 spiro atoms. The zero-order chi connectivity index (χ0) is 17.2. The lowest BCUT2D eigenvalue weighted by Gasteiger charge is -2.05. The second-order valence-corrected chi connectivity index (χ2v) is 5.61. The number of pyridine rings is 1. The Balaban J connectivity index is 1.67. The minimum atomic E-state index is -0.340. The van der Waals surface area contributed by atoms with Gasteiger partial charge in [-0.25, -0.2) is 14.8 Å². The number of nitrogens with zero attached hydrogens (tertiary/aromatic N) is 2. The fourth-order valence-corrected chi connectivity index (χ4v) is 2.75. The van der Waals surface area contributed by atoms with Gasteiger partial charge in [-0.1, -0.05) is 36.4 Å². The third-order valence-electron chi connectivity index (χ3n) is 4.03. The Labute approximate surface area is 144 Å². The lowest BCUT2D eigenvalue weighted by Crippen LogP contribution is -2.00. The molecule has 1 N–H and O–H groups in total. The topological polar surface area (TPSA) is 67.9 Å². The monoisotopic (exact) mass is 329 g/mol. The summed E-state index contributed by atoms with van der Waals surface area (Å²) in [6.07, 6.45) is 1.73. The number of carbonyl (C=O) groups is 1. The summed E-state index contributed by atoms with van der Waals surface area (Å²) < 4.78 is 4.78. The second-order valence-electron chi connectivity index (χ2n) is 5.61. The van der Waals surface area contributed by atoms with Crippen molar-refractivity contribution < 1.29 is 9.53 Å². The average Bonchev–Trinajstić information content (AvgIpc) is 3.12. The Hall–Kier alpha value is -3.47. The summed E-state index contributed by atoms with van der Waals surface area (Å²) in [7, 11) is 1.38. The maximum absolute atomic E-state index is 11.7. The molecule has 122 valence electrons. The van der Waals surface area contributed by atoms with Gasteiger partial charge in [-0.2, -0.15) is 0 Å². The Morgan fingerprint density at radius 2 is 1.76 bits per heavy atom. The SMILES string of the molecule is COC(=O)c1cccc(-c2ccc(-c3nc4ncccc4[nH]3)cc2)c1. The molecule has 0 amide bonds. The molecule has 0 fully saturated rings. The number of carbonyl (C=O) groups excluding carboxylic acids is 1. The van der Waals surface area contributed by atoms with Gasteiger partial charge in [-0.05, 0) is 35.4 Å². The third-order valence-corrected chi connectivity index (χ3v) is 4.03. The number of methoxy groups -OCH3 is 1. The van der Waals surface area contributed by atoms with E-state index in [1.807, 2.05) is 54.6 Å². The van der Waals surface area contributed by atoms with Crippen molar-refractivity contribution in [3.63, 3.8) is 0 Å². The Kier molecular flexibility index (Phi) is 3.74. The van der Waals surface area contributed by atoms with E-state index in [2.05, 4.69) is 15.0 Å². The first-order chi connectivity index (χ1) is 12.2. The first kappa shape index (κ1) is 15.1. The molecular formula is C20H15N3O2. The minimum absolute atomic E-state index is 0.340. The van der Waals surface area contributed by atoms with E-state index in [4.69, 9.17) is 4.74 Å². The van der Waals surface area contributed by atoms with E-state index in [0.29, 0.717) is 11.2 Å². The fraction of sp³-hybridized carbons (Fsp3) is 0.0500. The number of aromatic nitrogens is 3. The zero-order valence-corrected chi connectivity index (χ0v) is 13.6. The first-order valence-corrected chi connectivity index (χ1v) is 7.84. The molecule has 0 bridgehead atoms. The van der Waals surface area contributed by atoms with Gasteiger partial charge in [0, 0.05) is 11.8 Å². The molecule has 0 aliphatic carbocycles. The van der Waals surface area contributed by atoms with Crippen LogP contribution >= 0.6 is 0 Å². The van der Waals surface area contributed by atoms with Crippen LogP contribution in [-0.4, -0.2) is 28.0 Å². The van der Waals surface area contributed by atoms with Gasteiger partial charge in [0.25, 0.3) is 0 Å². The Bertz CT molecular complexity index is 1020. The van der Waals surface area contributed by atoms with Gasteiger partial charge in [0.1, 0.15) is 5.82 Å². The molecule has 4 aromatic rings. The van der Waals surface area contributed by atoms with Crippen LogP contribution in [0.1, 0.15) is 10.4 Å². The number of esters is 1. The molecule has 0 atom stereocenters. The predicted octanol–water partition coefficient (Wildman–Crippen LogP) is 4.08. The van der Waals surface area contributed by atoms with Crippen molar-refractivity contribution in [1.82, 2.24) is 15.0 Å². The van der Waals surface area contributed by atoms with Crippen molar-refractivity contribution in [1.29, 1.82) is 0 Å². The molecule has 0 saturated heterocycles. The van der Waals surface area contributed by atoms with Gasteiger partial charge in [0.2, 0.25) is 0 Å². The standard InChI is InChI=1S/C20H15N3O2/c1-25-20(24)16-5-2-4-15(12-16)13-7-9-14(10-8-13)18-22-17-6-3-11-21-19(17)23-18/h2-12H,1H3,(H,21,22,23). The van der Waals surface area contributed by atoms with Crippen LogP contribution in [0.25, 0.3) is 33.7 Å². The molecule has 0 aliphatic rings. The molecule has 0 radical (unpaired) electrons. The average molecular weight is 329 g/mol. The van der Waals surface area contributed by atoms with Crippen LogP contribution in [0, 0.1) is 0 Å². The number of hydrogen-bond acceptors (Lipinski definition) is 4. The van der Waals surface area contributed by atoms with E-state index in [-0.39, 0.29) is 5.97 Å². The van der Waals surface area contributed by atoms with Gasteiger partial charge in [0.05, 0.1) is 18.2 Å². The fourth-order valence-electron chi connectivity index (χ4n) is 2.75. The molecule has 2 aromatic carbocycles. The molecule has 2 aromatic heterocycles. The number of rotatable bonds is 3. The van der Waals surface area contributed by atoms with Crippen LogP contribution in [0.4, 0.5) is 0 Å². The molecule has 4 rings (SSSR count). The second kappa shape index (κ2) is 6.20. The first-order valence-electron chi connectivity index (χ1n) is 7.84. The summed E-state index contributed by atoms with van der Waals surface area (Å²) in [5.74, 6) is 0.441. The molecule has 5 heteroatoms.